The van der Waals surface area contributed by atoms with Crippen molar-refractivity contribution in [3.63, 3.8) is 0 Å². The Balaban J connectivity index is 1.19. The van der Waals surface area contributed by atoms with Crippen LogP contribution in [0.25, 0.3) is 55.7 Å². The van der Waals surface area contributed by atoms with Crippen molar-refractivity contribution in [1.82, 2.24) is 14.5 Å². The maximum Gasteiger partial charge on any atom is 0.141 e. The lowest BCUT2D eigenvalue weighted by Crippen LogP contribution is -2.20. The monoisotopic (exact) mass is 556 g/mol. The molecule has 0 radical (unpaired) electrons. The van der Waals surface area contributed by atoms with E-state index in [0.717, 1.165) is 70.6 Å². The van der Waals surface area contributed by atoms with Crippen LogP contribution in [0.5, 0.6) is 0 Å². The zero-order valence-electron chi connectivity index (χ0n) is 24.2. The highest BCUT2D eigenvalue weighted by atomic mass is 15.1. The summed E-state index contributed by atoms with van der Waals surface area (Å²) in [4.78, 5) is 15.5. The lowest BCUT2D eigenvalue weighted by Gasteiger charge is -2.26. The van der Waals surface area contributed by atoms with E-state index in [9.17, 15) is 0 Å². The van der Waals surface area contributed by atoms with Crippen LogP contribution in [0, 0.1) is 5.92 Å². The third-order valence-corrected chi connectivity index (χ3v) is 8.85. The Hall–Kier alpha value is -5.09. The fourth-order valence-corrected chi connectivity index (χ4v) is 6.69. The molecule has 1 atom stereocenters. The number of para-hydroxylation sites is 3. The molecule has 8 rings (SSSR count). The number of benzene rings is 4. The number of imidazole rings is 1. The highest BCUT2D eigenvalue weighted by Crippen LogP contribution is 2.42. The first kappa shape index (κ1) is 25.6. The molecular weight excluding hydrogens is 524 g/mol. The van der Waals surface area contributed by atoms with Gasteiger partial charge in [-0.3, -0.25) is 4.99 Å². The standard InChI is InChI=1S/C39H32N4/c1-2-43-36-19-10-9-18-35(36)42-39(43)30-14-11-13-28(24-30)26-20-22-27(23-21-26)37-32-25-29-12-5-3-4-6-16-33(29)40-38(32)31-15-7-8-17-34(31)41-37/h3-4,6-11,13-24,29H,2,5,12,25H2,1H3/b4-3-,16-6-/t29-/m0/s1. The van der Waals surface area contributed by atoms with Gasteiger partial charge in [0.2, 0.25) is 0 Å². The lowest BCUT2D eigenvalue weighted by molar-refractivity contribution is 0.624. The maximum atomic E-state index is 5.26. The predicted molar refractivity (Wildman–Crippen MR) is 179 cm³/mol. The molecule has 43 heavy (non-hydrogen) atoms. The second kappa shape index (κ2) is 10.6. The summed E-state index contributed by atoms with van der Waals surface area (Å²) in [5, 5.41) is 1.13. The molecule has 2 aromatic heterocycles. The van der Waals surface area contributed by atoms with Crippen LogP contribution in [0.4, 0.5) is 5.69 Å². The number of fused-ring (bicyclic) bond motifs is 5. The third kappa shape index (κ3) is 4.51. The van der Waals surface area contributed by atoms with E-state index >= 15 is 0 Å². The van der Waals surface area contributed by atoms with Crippen LogP contribution in [0.1, 0.15) is 25.3 Å². The highest BCUT2D eigenvalue weighted by Gasteiger charge is 2.27. The summed E-state index contributed by atoms with van der Waals surface area (Å²) >= 11 is 0. The van der Waals surface area contributed by atoms with Gasteiger partial charge in [-0.15, -0.1) is 0 Å². The van der Waals surface area contributed by atoms with E-state index in [1.54, 1.807) is 0 Å². The van der Waals surface area contributed by atoms with E-state index in [2.05, 4.69) is 133 Å². The van der Waals surface area contributed by atoms with Crippen molar-refractivity contribution in [2.24, 2.45) is 10.9 Å². The molecule has 3 heterocycles. The van der Waals surface area contributed by atoms with Crippen molar-refractivity contribution in [2.75, 3.05) is 0 Å². The van der Waals surface area contributed by atoms with Crippen LogP contribution in [0.3, 0.4) is 0 Å². The van der Waals surface area contributed by atoms with Gasteiger partial charge >= 0.3 is 0 Å². The van der Waals surface area contributed by atoms with Gasteiger partial charge in [0.25, 0.3) is 0 Å². The molecule has 0 N–H and O–H groups in total. The van der Waals surface area contributed by atoms with Gasteiger partial charge in [0, 0.05) is 40.3 Å². The van der Waals surface area contributed by atoms with E-state index < -0.39 is 0 Å². The molecule has 1 aliphatic carbocycles. The first-order valence-electron chi connectivity index (χ1n) is 15.3. The van der Waals surface area contributed by atoms with Crippen molar-refractivity contribution in [3.05, 3.63) is 127 Å². The van der Waals surface area contributed by atoms with Crippen LogP contribution in [0.15, 0.2) is 126 Å². The van der Waals surface area contributed by atoms with Gasteiger partial charge in [0.15, 0.2) is 0 Å². The number of hydrogen-bond acceptors (Lipinski definition) is 3. The number of aromatic nitrogens is 3. The second-order valence-electron chi connectivity index (χ2n) is 11.4. The first-order valence-corrected chi connectivity index (χ1v) is 15.3. The van der Waals surface area contributed by atoms with E-state index in [1.165, 1.54) is 27.9 Å². The molecule has 6 aromatic rings. The summed E-state index contributed by atoms with van der Waals surface area (Å²) < 4.78 is 2.29. The average Bonchev–Trinajstić information content (AvgIpc) is 3.43. The normalized spacial score (nSPS) is 17.5. The number of aryl methyl sites for hydroxylation is 1. The largest absolute Gasteiger partial charge is 0.324 e. The molecule has 208 valence electrons. The van der Waals surface area contributed by atoms with Crippen LogP contribution < -0.4 is 0 Å². The minimum Gasteiger partial charge on any atom is -0.324 e. The number of aliphatic imine (C=N–C) groups is 1. The zero-order valence-corrected chi connectivity index (χ0v) is 24.2. The van der Waals surface area contributed by atoms with Crippen molar-refractivity contribution in [1.29, 1.82) is 0 Å². The molecule has 0 saturated heterocycles. The highest BCUT2D eigenvalue weighted by molar-refractivity contribution is 6.06. The molecule has 4 heteroatoms. The average molecular weight is 557 g/mol. The Morgan fingerprint density at radius 2 is 1.53 bits per heavy atom. The molecule has 2 aliphatic rings. The summed E-state index contributed by atoms with van der Waals surface area (Å²) in [6.07, 6.45) is 11.9. The molecule has 0 amide bonds. The SMILES string of the molecule is CCn1c(-c2cccc(-c3ccc(-c4nc5ccccc5c5c4C[C@@H]4CC/C=C\C=C/C4=N5)cc3)c2)nc2ccccc21. The summed E-state index contributed by atoms with van der Waals surface area (Å²) in [5.41, 5.74) is 12.4. The molecule has 4 aromatic carbocycles. The number of allylic oxidation sites excluding steroid dienone is 4. The van der Waals surface area contributed by atoms with Gasteiger partial charge < -0.3 is 4.57 Å². The summed E-state index contributed by atoms with van der Waals surface area (Å²) in [6, 6.07) is 34.4. The Morgan fingerprint density at radius 3 is 2.42 bits per heavy atom. The van der Waals surface area contributed by atoms with E-state index in [4.69, 9.17) is 15.0 Å². The Kier molecular flexibility index (Phi) is 6.33. The quantitative estimate of drug-likeness (QED) is 0.217. The molecule has 1 aliphatic heterocycles. The molecule has 0 saturated carbocycles. The van der Waals surface area contributed by atoms with Gasteiger partial charge in [-0.1, -0.05) is 91.0 Å². The van der Waals surface area contributed by atoms with Crippen LogP contribution in [0.2, 0.25) is 0 Å². The molecule has 0 spiro atoms. The Bertz CT molecular complexity index is 2090. The Morgan fingerprint density at radius 1 is 0.744 bits per heavy atom. The predicted octanol–water partition coefficient (Wildman–Crippen LogP) is 9.76. The smallest absolute Gasteiger partial charge is 0.141 e. The fourth-order valence-electron chi connectivity index (χ4n) is 6.69. The number of rotatable bonds is 4. The minimum absolute atomic E-state index is 0.407. The minimum atomic E-state index is 0.407. The second-order valence-corrected chi connectivity index (χ2v) is 11.4. The summed E-state index contributed by atoms with van der Waals surface area (Å²) in [5.74, 6) is 1.42. The number of hydrogen-bond donors (Lipinski definition) is 0. The van der Waals surface area contributed by atoms with E-state index in [-0.39, 0.29) is 0 Å². The van der Waals surface area contributed by atoms with Crippen molar-refractivity contribution < 1.29 is 0 Å². The lowest BCUT2D eigenvalue weighted by atomic mass is 9.83. The summed E-state index contributed by atoms with van der Waals surface area (Å²) in [7, 11) is 0. The molecular formula is C39H32N4. The first-order chi connectivity index (χ1) is 21.3. The summed E-state index contributed by atoms with van der Waals surface area (Å²) in [6.45, 7) is 3.05. The van der Waals surface area contributed by atoms with Gasteiger partial charge in [0.05, 0.1) is 27.9 Å². The number of pyridine rings is 1. The maximum absolute atomic E-state index is 5.26. The molecule has 0 fully saturated rings. The third-order valence-electron chi connectivity index (χ3n) is 8.85. The molecule has 4 nitrogen and oxygen atoms in total. The van der Waals surface area contributed by atoms with Crippen LogP contribution in [-0.4, -0.2) is 20.2 Å². The van der Waals surface area contributed by atoms with Gasteiger partial charge in [-0.05, 0) is 67.7 Å². The van der Waals surface area contributed by atoms with Gasteiger partial charge in [-0.25, -0.2) is 9.97 Å². The van der Waals surface area contributed by atoms with Crippen molar-refractivity contribution in [3.8, 4) is 33.8 Å². The van der Waals surface area contributed by atoms with E-state index in [1.807, 2.05) is 0 Å². The van der Waals surface area contributed by atoms with Gasteiger partial charge in [-0.2, -0.15) is 0 Å². The zero-order chi connectivity index (χ0) is 28.8. The van der Waals surface area contributed by atoms with E-state index in [0.29, 0.717) is 5.92 Å². The van der Waals surface area contributed by atoms with Crippen molar-refractivity contribution >= 4 is 33.3 Å². The fraction of sp³-hybridized carbons (Fsp3) is 0.154. The van der Waals surface area contributed by atoms with Crippen molar-refractivity contribution in [2.45, 2.75) is 32.7 Å². The topological polar surface area (TPSA) is 43.1 Å². The van der Waals surface area contributed by atoms with Crippen LogP contribution >= 0.6 is 0 Å². The number of nitrogens with zero attached hydrogens (tertiary/aromatic N) is 4. The Labute approximate surface area is 251 Å². The van der Waals surface area contributed by atoms with Gasteiger partial charge in [0.1, 0.15) is 5.82 Å². The molecule has 0 unspecified atom stereocenters. The van der Waals surface area contributed by atoms with Crippen LogP contribution in [-0.2, 0) is 13.0 Å². The molecule has 0 bridgehead atoms.